The van der Waals surface area contributed by atoms with Crippen LogP contribution in [0.15, 0.2) is 36.9 Å². The number of rotatable bonds is 6. The molecule has 1 fully saturated rings. The predicted molar refractivity (Wildman–Crippen MR) is 91.1 cm³/mol. The molecule has 2 aromatic rings. The van der Waals surface area contributed by atoms with E-state index in [2.05, 4.69) is 20.3 Å². The summed E-state index contributed by atoms with van der Waals surface area (Å²) in [6, 6.07) is 3.62. The average molecular weight is 342 g/mol. The molecular formula is C18H22N4O3. The summed E-state index contributed by atoms with van der Waals surface area (Å²) in [6.45, 7) is 3.00. The molecule has 0 aliphatic carbocycles. The Labute approximate surface area is 146 Å². The van der Waals surface area contributed by atoms with Gasteiger partial charge in [-0.15, -0.1) is 0 Å². The van der Waals surface area contributed by atoms with Crippen LogP contribution in [0.5, 0.6) is 5.75 Å². The molecule has 7 heteroatoms. The Morgan fingerprint density at radius 1 is 1.32 bits per heavy atom. The van der Waals surface area contributed by atoms with Gasteiger partial charge in [0.25, 0.3) is 0 Å². The summed E-state index contributed by atoms with van der Waals surface area (Å²) in [4.78, 5) is 24.7. The number of pyridine rings is 1. The van der Waals surface area contributed by atoms with Crippen LogP contribution < -0.4 is 10.1 Å². The van der Waals surface area contributed by atoms with Gasteiger partial charge in [-0.2, -0.15) is 0 Å². The molecule has 1 aliphatic rings. The Bertz CT molecular complexity index is 678. The zero-order valence-electron chi connectivity index (χ0n) is 14.2. The molecule has 1 saturated heterocycles. The summed E-state index contributed by atoms with van der Waals surface area (Å²) < 4.78 is 11.5. The quantitative estimate of drug-likeness (QED) is 0.855. The van der Waals surface area contributed by atoms with Gasteiger partial charge in [-0.3, -0.25) is 19.7 Å². The van der Waals surface area contributed by atoms with Gasteiger partial charge in [0.1, 0.15) is 11.9 Å². The molecule has 0 radical (unpaired) electrons. The van der Waals surface area contributed by atoms with Crippen molar-refractivity contribution in [2.45, 2.75) is 38.3 Å². The van der Waals surface area contributed by atoms with Crippen molar-refractivity contribution in [3.8, 4) is 5.75 Å². The van der Waals surface area contributed by atoms with E-state index in [-0.39, 0.29) is 18.1 Å². The van der Waals surface area contributed by atoms with Gasteiger partial charge >= 0.3 is 0 Å². The van der Waals surface area contributed by atoms with E-state index in [0.717, 1.165) is 17.8 Å². The van der Waals surface area contributed by atoms with E-state index < -0.39 is 0 Å². The fraction of sp³-hybridized carbons (Fsp3) is 0.444. The van der Waals surface area contributed by atoms with Crippen LogP contribution in [0.2, 0.25) is 0 Å². The highest BCUT2D eigenvalue weighted by Gasteiger charge is 2.29. The molecule has 0 bridgehead atoms. The first-order chi connectivity index (χ1) is 12.2. The topological polar surface area (TPSA) is 86.2 Å². The van der Waals surface area contributed by atoms with Crippen molar-refractivity contribution in [3.05, 3.63) is 48.3 Å². The number of hydrogen-bond acceptors (Lipinski definition) is 6. The van der Waals surface area contributed by atoms with Gasteiger partial charge < -0.3 is 14.8 Å². The monoisotopic (exact) mass is 342 g/mol. The fourth-order valence-corrected chi connectivity index (χ4v) is 2.67. The summed E-state index contributed by atoms with van der Waals surface area (Å²) in [6.07, 6.45) is 8.13. The van der Waals surface area contributed by atoms with Crippen molar-refractivity contribution in [1.29, 1.82) is 0 Å². The van der Waals surface area contributed by atoms with Crippen molar-refractivity contribution in [2.24, 2.45) is 0 Å². The molecular weight excluding hydrogens is 320 g/mol. The molecule has 0 saturated carbocycles. The lowest BCUT2D eigenvalue weighted by atomic mass is 10.1. The first-order valence-electron chi connectivity index (χ1n) is 8.42. The molecule has 3 rings (SSSR count). The molecule has 0 spiro atoms. The number of hydrogen-bond donors (Lipinski definition) is 1. The number of amides is 1. The predicted octanol–water partition coefficient (Wildman–Crippen LogP) is 1.47. The van der Waals surface area contributed by atoms with Crippen LogP contribution in [-0.4, -0.2) is 46.2 Å². The first-order valence-corrected chi connectivity index (χ1v) is 8.42. The molecule has 25 heavy (non-hydrogen) atoms. The van der Waals surface area contributed by atoms with Crippen molar-refractivity contribution in [1.82, 2.24) is 20.3 Å². The lowest BCUT2D eigenvalue weighted by Gasteiger charge is -2.32. The average Bonchev–Trinajstić information content (AvgIpc) is 2.64. The zero-order valence-corrected chi connectivity index (χ0v) is 14.2. The number of carbonyl (C=O) groups excluding carboxylic acids is 1. The van der Waals surface area contributed by atoms with Crippen LogP contribution in [0.1, 0.15) is 24.2 Å². The standard InChI is InChI=1S/C18H22N4O3/c1-13-2-4-15(11-21-13)25-17-6-9-24-12-16(17)22-18(23)5-3-14-10-19-7-8-20-14/h2,4,7-8,10-11,16-17H,3,5-6,9,12H2,1H3,(H,22,23)/t16-,17+/m1/s1. The van der Waals surface area contributed by atoms with Crippen LogP contribution in [-0.2, 0) is 16.0 Å². The number of nitrogens with one attached hydrogen (secondary N) is 1. The van der Waals surface area contributed by atoms with Crippen LogP contribution >= 0.6 is 0 Å². The lowest BCUT2D eigenvalue weighted by molar-refractivity contribution is -0.124. The summed E-state index contributed by atoms with van der Waals surface area (Å²) in [7, 11) is 0. The number of ether oxygens (including phenoxy) is 2. The Kier molecular flexibility index (Phi) is 5.90. The van der Waals surface area contributed by atoms with Crippen LogP contribution in [0.3, 0.4) is 0 Å². The zero-order chi connectivity index (χ0) is 17.5. The third-order valence-corrected chi connectivity index (χ3v) is 4.04. The largest absolute Gasteiger partial charge is 0.486 e. The molecule has 7 nitrogen and oxygen atoms in total. The van der Waals surface area contributed by atoms with Crippen LogP contribution in [0.25, 0.3) is 0 Å². The molecule has 2 atom stereocenters. The Morgan fingerprint density at radius 3 is 3.00 bits per heavy atom. The SMILES string of the molecule is Cc1ccc(O[C@H]2CCOC[C@H]2NC(=O)CCc2cnccn2)cn1. The van der Waals surface area contributed by atoms with E-state index in [1.165, 1.54) is 0 Å². The van der Waals surface area contributed by atoms with Gasteiger partial charge in [-0.25, -0.2) is 0 Å². The second-order valence-corrected chi connectivity index (χ2v) is 6.03. The van der Waals surface area contributed by atoms with Gasteiger partial charge in [0.2, 0.25) is 5.91 Å². The molecule has 1 aliphatic heterocycles. The molecule has 132 valence electrons. The van der Waals surface area contributed by atoms with Crippen molar-refractivity contribution >= 4 is 5.91 Å². The minimum Gasteiger partial charge on any atom is -0.486 e. The van der Waals surface area contributed by atoms with Crippen LogP contribution in [0, 0.1) is 6.92 Å². The Balaban J connectivity index is 1.53. The smallest absolute Gasteiger partial charge is 0.220 e. The van der Waals surface area contributed by atoms with Crippen molar-refractivity contribution < 1.29 is 14.3 Å². The summed E-state index contributed by atoms with van der Waals surface area (Å²) >= 11 is 0. The van der Waals surface area contributed by atoms with E-state index in [9.17, 15) is 4.79 Å². The lowest BCUT2D eigenvalue weighted by Crippen LogP contribution is -2.51. The van der Waals surface area contributed by atoms with Crippen LogP contribution in [0.4, 0.5) is 0 Å². The van der Waals surface area contributed by atoms with E-state index in [0.29, 0.717) is 31.8 Å². The van der Waals surface area contributed by atoms with Crippen molar-refractivity contribution in [2.75, 3.05) is 13.2 Å². The molecule has 0 unspecified atom stereocenters. The minimum absolute atomic E-state index is 0.0446. The van der Waals surface area contributed by atoms with E-state index in [1.807, 2.05) is 19.1 Å². The maximum atomic E-state index is 12.2. The highest BCUT2D eigenvalue weighted by Crippen LogP contribution is 2.18. The summed E-state index contributed by atoms with van der Waals surface area (Å²) in [5.74, 6) is 0.660. The molecule has 0 aromatic carbocycles. The molecule has 3 heterocycles. The highest BCUT2D eigenvalue weighted by molar-refractivity contribution is 5.76. The summed E-state index contributed by atoms with van der Waals surface area (Å²) in [5.41, 5.74) is 1.74. The second kappa shape index (κ2) is 8.53. The van der Waals surface area contributed by atoms with E-state index in [1.54, 1.807) is 24.8 Å². The Hall–Kier alpha value is -2.54. The number of aromatic nitrogens is 3. The number of carbonyl (C=O) groups is 1. The highest BCUT2D eigenvalue weighted by atomic mass is 16.5. The van der Waals surface area contributed by atoms with Gasteiger partial charge in [-0.05, 0) is 25.5 Å². The van der Waals surface area contributed by atoms with Gasteiger partial charge in [0.05, 0.1) is 31.1 Å². The van der Waals surface area contributed by atoms with E-state index in [4.69, 9.17) is 9.47 Å². The van der Waals surface area contributed by atoms with Gasteiger partial charge in [0, 0.05) is 37.1 Å². The summed E-state index contributed by atoms with van der Waals surface area (Å²) in [5, 5.41) is 3.01. The second-order valence-electron chi connectivity index (χ2n) is 6.03. The van der Waals surface area contributed by atoms with E-state index >= 15 is 0 Å². The van der Waals surface area contributed by atoms with Gasteiger partial charge in [0.15, 0.2) is 0 Å². The van der Waals surface area contributed by atoms with Gasteiger partial charge in [-0.1, -0.05) is 0 Å². The number of aryl methyl sites for hydroxylation is 2. The third kappa shape index (κ3) is 5.22. The fourth-order valence-electron chi connectivity index (χ4n) is 2.67. The van der Waals surface area contributed by atoms with Crippen molar-refractivity contribution in [3.63, 3.8) is 0 Å². The Morgan fingerprint density at radius 2 is 2.24 bits per heavy atom. The third-order valence-electron chi connectivity index (χ3n) is 4.04. The molecule has 2 aromatic heterocycles. The number of nitrogens with zero attached hydrogens (tertiary/aromatic N) is 3. The maximum absolute atomic E-state index is 12.2. The molecule has 1 amide bonds. The normalized spacial score (nSPS) is 20.0. The minimum atomic E-state index is -0.176. The maximum Gasteiger partial charge on any atom is 0.220 e. The molecule has 1 N–H and O–H groups in total. The first kappa shape index (κ1) is 17.3.